The molecule has 0 rings (SSSR count). The van der Waals surface area contributed by atoms with Crippen molar-refractivity contribution in [2.75, 3.05) is 0 Å². The summed E-state index contributed by atoms with van der Waals surface area (Å²) in [4.78, 5) is 0. The molecular formula is C5H18Si. The molecule has 0 saturated heterocycles. The van der Waals surface area contributed by atoms with Crippen molar-refractivity contribution in [2.24, 2.45) is 0 Å². The number of rotatable bonds is 0. The summed E-state index contributed by atoms with van der Waals surface area (Å²) in [5.74, 6) is 0. The highest BCUT2D eigenvalue weighted by molar-refractivity contribution is 6.54. The lowest BCUT2D eigenvalue weighted by Gasteiger charge is -1.75. The molecule has 1 heteroatoms. The topological polar surface area (TPSA) is 0 Å². The van der Waals surface area contributed by atoms with Crippen molar-refractivity contribution in [3.05, 3.63) is 0 Å². The van der Waals surface area contributed by atoms with E-state index < -0.39 is 0 Å². The van der Waals surface area contributed by atoms with Gasteiger partial charge in [0.15, 0.2) is 0 Å². The first-order valence-electron chi connectivity index (χ1n) is 1.73. The smallest absolute Gasteiger partial charge is 0.0274 e. The lowest BCUT2D eigenvalue weighted by molar-refractivity contribution is 1.91. The molecular weight excluding hydrogens is 88.1 g/mol. The van der Waals surface area contributed by atoms with Crippen LogP contribution in [0.4, 0.5) is 0 Å². The van der Waals surface area contributed by atoms with Gasteiger partial charge >= 0.3 is 0 Å². The molecule has 0 spiro atoms. The summed E-state index contributed by atoms with van der Waals surface area (Å²) < 4.78 is 0. The van der Waals surface area contributed by atoms with Crippen molar-refractivity contribution >= 4 is 8.80 Å². The first-order valence-corrected chi connectivity index (χ1v) is 5.20. The second kappa shape index (κ2) is 8.96. The standard InChI is InChI=1S/C3H10Si.2CH4/c1-4(2)3;;/h4H,1-3H3;2*1H4. The second-order valence-electron chi connectivity index (χ2n) is 1.73. The Hall–Kier alpha value is 0.217. The van der Waals surface area contributed by atoms with E-state index in [0.717, 1.165) is 0 Å². The van der Waals surface area contributed by atoms with E-state index in [-0.39, 0.29) is 23.7 Å². The molecule has 42 valence electrons. The van der Waals surface area contributed by atoms with E-state index in [9.17, 15) is 0 Å². The predicted octanol–water partition coefficient (Wildman–Crippen LogP) is 2.38. The minimum absolute atomic E-state index is 0. The van der Waals surface area contributed by atoms with Gasteiger partial charge in [-0.15, -0.1) is 0 Å². The third kappa shape index (κ3) is 928. The van der Waals surface area contributed by atoms with Crippen LogP contribution in [0.5, 0.6) is 0 Å². The molecule has 6 heavy (non-hydrogen) atoms. The zero-order chi connectivity index (χ0) is 3.58. The van der Waals surface area contributed by atoms with E-state index >= 15 is 0 Å². The zero-order valence-electron chi connectivity index (χ0n) is 3.58. The lowest BCUT2D eigenvalue weighted by atomic mass is 11.8. The van der Waals surface area contributed by atoms with Crippen LogP contribution in [0.1, 0.15) is 14.9 Å². The van der Waals surface area contributed by atoms with Gasteiger partial charge < -0.3 is 0 Å². The van der Waals surface area contributed by atoms with E-state index in [1.165, 1.54) is 0 Å². The highest BCUT2D eigenvalue weighted by atomic mass is 28.3. The molecule has 0 aliphatic rings. The molecule has 0 amide bonds. The van der Waals surface area contributed by atoms with E-state index in [1.807, 2.05) is 0 Å². The van der Waals surface area contributed by atoms with Crippen molar-refractivity contribution in [2.45, 2.75) is 34.5 Å². The molecule has 0 radical (unpaired) electrons. The molecule has 0 atom stereocenters. The maximum atomic E-state index is 2.31. The van der Waals surface area contributed by atoms with Crippen LogP contribution in [0.25, 0.3) is 0 Å². The summed E-state index contributed by atoms with van der Waals surface area (Å²) in [6, 6.07) is 0. The van der Waals surface area contributed by atoms with Crippen LogP contribution >= 0.6 is 0 Å². The molecule has 0 aromatic rings. The third-order valence-electron chi connectivity index (χ3n) is 0. The Morgan fingerprint density at radius 2 is 0.833 bits per heavy atom. The van der Waals surface area contributed by atoms with Gasteiger partial charge in [0.05, 0.1) is 0 Å². The van der Waals surface area contributed by atoms with Gasteiger partial charge in [-0.05, 0) is 0 Å². The average molecular weight is 106 g/mol. The van der Waals surface area contributed by atoms with Gasteiger partial charge in [0.25, 0.3) is 0 Å². The van der Waals surface area contributed by atoms with Crippen molar-refractivity contribution < 1.29 is 0 Å². The molecule has 0 aromatic heterocycles. The fourth-order valence-corrected chi connectivity index (χ4v) is 0. The van der Waals surface area contributed by atoms with E-state index in [0.29, 0.717) is 0 Å². The Morgan fingerprint density at radius 1 is 0.833 bits per heavy atom. The third-order valence-corrected chi connectivity index (χ3v) is 0. The van der Waals surface area contributed by atoms with Gasteiger partial charge in [-0.25, -0.2) is 0 Å². The fourth-order valence-electron chi connectivity index (χ4n) is 0. The highest BCUT2D eigenvalue weighted by Gasteiger charge is 1.71. The van der Waals surface area contributed by atoms with Crippen LogP contribution in [-0.2, 0) is 0 Å². The van der Waals surface area contributed by atoms with Gasteiger partial charge in [-0.3, -0.25) is 0 Å². The van der Waals surface area contributed by atoms with Gasteiger partial charge in [0.2, 0.25) is 0 Å². The monoisotopic (exact) mass is 106 g/mol. The minimum Gasteiger partial charge on any atom is -0.0776 e. The summed E-state index contributed by atoms with van der Waals surface area (Å²) in [5.41, 5.74) is 0. The first kappa shape index (κ1) is 16.4. The molecule has 0 aliphatic carbocycles. The number of hydrogen-bond acceptors (Lipinski definition) is 0. The van der Waals surface area contributed by atoms with Crippen molar-refractivity contribution in [3.8, 4) is 0 Å². The first-order chi connectivity index (χ1) is 1.73. The second-order valence-corrected chi connectivity index (χ2v) is 5.20. The Kier molecular flexibility index (Phi) is 24.4. The van der Waals surface area contributed by atoms with Crippen molar-refractivity contribution in [1.82, 2.24) is 0 Å². The maximum Gasteiger partial charge on any atom is 0.0274 e. The molecule has 0 aromatic carbocycles. The quantitative estimate of drug-likeness (QED) is 0.416. The largest absolute Gasteiger partial charge is 0.0776 e. The Balaban J connectivity index is -0.0000000450. The van der Waals surface area contributed by atoms with Crippen LogP contribution in [0.15, 0.2) is 0 Å². The van der Waals surface area contributed by atoms with Crippen LogP contribution < -0.4 is 0 Å². The summed E-state index contributed by atoms with van der Waals surface area (Å²) in [5, 5.41) is 0. The van der Waals surface area contributed by atoms with Gasteiger partial charge in [0.1, 0.15) is 0 Å². The normalized spacial score (nSPS) is 6.00. The van der Waals surface area contributed by atoms with Crippen molar-refractivity contribution in [1.29, 1.82) is 0 Å². The highest BCUT2D eigenvalue weighted by Crippen LogP contribution is 1.68. The minimum atomic E-state index is -0.139. The summed E-state index contributed by atoms with van der Waals surface area (Å²) in [7, 11) is -0.139. The Bertz CT molecular complexity index is 8.66. The van der Waals surface area contributed by atoms with Crippen LogP contribution in [-0.4, -0.2) is 8.80 Å². The van der Waals surface area contributed by atoms with Crippen LogP contribution in [0.3, 0.4) is 0 Å². The van der Waals surface area contributed by atoms with E-state index in [2.05, 4.69) is 19.6 Å². The molecule has 0 saturated carbocycles. The van der Waals surface area contributed by atoms with Gasteiger partial charge in [-0.1, -0.05) is 34.5 Å². The molecule has 0 unspecified atom stereocenters. The van der Waals surface area contributed by atoms with Gasteiger partial charge in [0, 0.05) is 8.80 Å². The lowest BCUT2D eigenvalue weighted by Crippen LogP contribution is -1.84. The van der Waals surface area contributed by atoms with E-state index in [1.54, 1.807) is 0 Å². The number of hydrogen-bond donors (Lipinski definition) is 0. The van der Waals surface area contributed by atoms with Crippen molar-refractivity contribution in [3.63, 3.8) is 0 Å². The van der Waals surface area contributed by atoms with Crippen LogP contribution in [0, 0.1) is 0 Å². The predicted molar refractivity (Wildman–Crippen MR) is 38.2 cm³/mol. The molecule has 0 bridgehead atoms. The molecule has 0 fully saturated rings. The SMILES string of the molecule is C.C.C[SiH](C)C. The fraction of sp³-hybridized carbons (Fsp3) is 1.00. The molecule has 0 nitrogen and oxygen atoms in total. The zero-order valence-corrected chi connectivity index (χ0v) is 4.73. The Morgan fingerprint density at radius 3 is 0.833 bits per heavy atom. The van der Waals surface area contributed by atoms with Gasteiger partial charge in [-0.2, -0.15) is 0 Å². The Labute approximate surface area is 44.2 Å². The van der Waals surface area contributed by atoms with Crippen LogP contribution in [0.2, 0.25) is 19.6 Å². The molecule has 0 heterocycles. The summed E-state index contributed by atoms with van der Waals surface area (Å²) in [6.07, 6.45) is 0. The summed E-state index contributed by atoms with van der Waals surface area (Å²) in [6.45, 7) is 6.92. The maximum absolute atomic E-state index is 2.31. The summed E-state index contributed by atoms with van der Waals surface area (Å²) >= 11 is 0. The molecule has 0 N–H and O–H groups in total. The molecule has 0 aliphatic heterocycles. The van der Waals surface area contributed by atoms with E-state index in [4.69, 9.17) is 0 Å². The average Bonchev–Trinajstić information content (AvgIpc) is 0.811.